The van der Waals surface area contributed by atoms with E-state index in [2.05, 4.69) is 232 Å². The van der Waals surface area contributed by atoms with Gasteiger partial charge in [-0.05, 0) is 94.2 Å². The van der Waals surface area contributed by atoms with Crippen LogP contribution >= 0.6 is 0 Å². The molecule has 322 valence electrons. The lowest BCUT2D eigenvalue weighted by atomic mass is 9.89. The minimum absolute atomic E-state index is 0.879. The summed E-state index contributed by atoms with van der Waals surface area (Å²) < 4.78 is 13.6. The van der Waals surface area contributed by atoms with Gasteiger partial charge in [0.1, 0.15) is 11.2 Å². The van der Waals surface area contributed by atoms with Gasteiger partial charge in [0.25, 0.3) is 0 Å². The van der Waals surface area contributed by atoms with Gasteiger partial charge >= 0.3 is 0 Å². The van der Waals surface area contributed by atoms with Gasteiger partial charge < -0.3 is 18.6 Å². The Kier molecular flexibility index (Phi) is 9.15. The van der Waals surface area contributed by atoms with Gasteiger partial charge in [-0.25, -0.2) is 0 Å². The van der Waals surface area contributed by atoms with Crippen molar-refractivity contribution in [2.24, 2.45) is 0 Å². The van der Waals surface area contributed by atoms with E-state index in [4.69, 9.17) is 8.83 Å². The lowest BCUT2D eigenvalue weighted by Gasteiger charge is -2.30. The molecule has 0 saturated carbocycles. The molecule has 2 heterocycles. The van der Waals surface area contributed by atoms with E-state index in [1.54, 1.807) is 0 Å². The zero-order valence-electron chi connectivity index (χ0n) is 38.7. The highest BCUT2D eigenvalue weighted by Crippen LogP contribution is 2.51. The average molecular weight is 889 g/mol. The molecular weight excluding hydrogens is 837 g/mol. The van der Waals surface area contributed by atoms with E-state index in [0.717, 1.165) is 84.4 Å². The fraction of sp³-hybridized carbons (Fsp3) is 0.133. The molecule has 0 aliphatic rings. The van der Waals surface area contributed by atoms with E-state index in [1.807, 2.05) is 0 Å². The van der Waals surface area contributed by atoms with Gasteiger partial charge in [0, 0.05) is 43.7 Å². The molecule has 66 heavy (non-hydrogen) atoms. The molecule has 0 fully saturated rings. The second kappa shape index (κ2) is 15.0. The van der Waals surface area contributed by atoms with E-state index >= 15 is 0 Å². The van der Waals surface area contributed by atoms with E-state index < -0.39 is 16.1 Å². The molecule has 0 bridgehead atoms. The normalized spacial score (nSPS) is 12.5. The number of hydrogen-bond acceptors (Lipinski definition) is 4. The van der Waals surface area contributed by atoms with Crippen molar-refractivity contribution in [3.63, 3.8) is 0 Å². The third kappa shape index (κ3) is 6.30. The third-order valence-corrected chi connectivity index (χ3v) is 18.0. The summed E-state index contributed by atoms with van der Waals surface area (Å²) in [5.74, 6) is 0. The first-order valence-corrected chi connectivity index (χ1v) is 30.3. The highest BCUT2D eigenvalue weighted by molar-refractivity contribution is 6.89. The Bertz CT molecular complexity index is 3830. The largest absolute Gasteiger partial charge is 0.454 e. The number of para-hydroxylation sites is 4. The molecule has 0 aliphatic carbocycles. The highest BCUT2D eigenvalue weighted by atomic mass is 28.3. The first-order valence-electron chi connectivity index (χ1n) is 23.3. The van der Waals surface area contributed by atoms with Crippen molar-refractivity contribution in [2.45, 2.75) is 52.6 Å². The second-order valence-corrected chi connectivity index (χ2v) is 30.2. The Labute approximate surface area is 387 Å². The molecule has 12 rings (SSSR count). The van der Waals surface area contributed by atoms with Gasteiger partial charge in [-0.3, -0.25) is 0 Å². The molecule has 6 heteroatoms. The fourth-order valence-corrected chi connectivity index (χ4v) is 12.8. The molecular formula is C60H52N2O2Si2. The first-order chi connectivity index (χ1) is 32.0. The lowest BCUT2D eigenvalue weighted by molar-refractivity contribution is 0.669. The van der Waals surface area contributed by atoms with Crippen LogP contribution in [0.3, 0.4) is 0 Å². The first kappa shape index (κ1) is 40.4. The molecule has 0 radical (unpaired) electrons. The molecule has 0 spiro atoms. The van der Waals surface area contributed by atoms with Crippen molar-refractivity contribution in [3.8, 4) is 0 Å². The molecule has 0 aliphatic heterocycles. The molecule has 4 nitrogen and oxygen atoms in total. The molecule has 2 aromatic heterocycles. The molecule has 0 saturated heterocycles. The van der Waals surface area contributed by atoms with E-state index in [-0.39, 0.29) is 0 Å². The van der Waals surface area contributed by atoms with Crippen LogP contribution < -0.4 is 20.2 Å². The Morgan fingerprint density at radius 3 is 1.36 bits per heavy atom. The molecule has 12 aromatic rings. The average Bonchev–Trinajstić information content (AvgIpc) is 3.91. The summed E-state index contributed by atoms with van der Waals surface area (Å²) in [6, 6.07) is 65.1. The maximum absolute atomic E-state index is 6.82. The second-order valence-electron chi connectivity index (χ2n) is 20.0. The summed E-state index contributed by atoms with van der Waals surface area (Å²) in [6.45, 7) is 16.8. The number of nitrogens with zero attached hydrogens (tertiary/aromatic N) is 2. The molecule has 10 aromatic carbocycles. The maximum atomic E-state index is 6.82. The Morgan fingerprint density at radius 1 is 0.379 bits per heavy atom. The van der Waals surface area contributed by atoms with Crippen molar-refractivity contribution in [1.29, 1.82) is 0 Å². The van der Waals surface area contributed by atoms with Crippen LogP contribution in [0.5, 0.6) is 0 Å². The Balaban J connectivity index is 1.15. The van der Waals surface area contributed by atoms with Crippen molar-refractivity contribution >= 4 is 137 Å². The van der Waals surface area contributed by atoms with Crippen LogP contribution in [0.1, 0.15) is 12.5 Å². The summed E-state index contributed by atoms with van der Waals surface area (Å²) >= 11 is 0. The van der Waals surface area contributed by atoms with Crippen LogP contribution in [-0.2, 0) is 6.42 Å². The Hall–Kier alpha value is -7.13. The highest BCUT2D eigenvalue weighted by Gasteiger charge is 2.27. The molecule has 0 unspecified atom stereocenters. The number of benzene rings is 10. The van der Waals surface area contributed by atoms with Crippen LogP contribution in [0.25, 0.3) is 76.2 Å². The minimum Gasteiger partial charge on any atom is -0.454 e. The lowest BCUT2D eigenvalue weighted by Crippen LogP contribution is -2.37. The summed E-state index contributed by atoms with van der Waals surface area (Å²) in [5, 5.41) is 14.8. The van der Waals surface area contributed by atoms with Gasteiger partial charge in [-0.2, -0.15) is 0 Å². The van der Waals surface area contributed by atoms with Gasteiger partial charge in [0.2, 0.25) is 0 Å². The molecule has 0 amide bonds. The number of furan rings is 2. The van der Waals surface area contributed by atoms with E-state index in [1.165, 1.54) is 48.3 Å². The van der Waals surface area contributed by atoms with Gasteiger partial charge in [0.15, 0.2) is 11.2 Å². The van der Waals surface area contributed by atoms with Gasteiger partial charge in [-0.1, -0.05) is 172 Å². The predicted molar refractivity (Wildman–Crippen MR) is 289 cm³/mol. The number of rotatable bonds is 9. The number of anilines is 6. The van der Waals surface area contributed by atoms with Crippen molar-refractivity contribution < 1.29 is 8.83 Å². The SMILES string of the molecule is CCc1cc(N(c2ccc([Si](C)(C)C)cc2)c2cccc3c2oc2ccccc23)c2ccc3ccc(N(c4ccc([Si](C)(C)C)cc4)c4cccc5c4oc4ccccc45)c4ccc1c2c34. The molecule has 0 N–H and O–H groups in total. The monoisotopic (exact) mass is 888 g/mol. The summed E-state index contributed by atoms with van der Waals surface area (Å²) in [7, 11) is -3.12. The van der Waals surface area contributed by atoms with E-state index in [0.29, 0.717) is 0 Å². The van der Waals surface area contributed by atoms with Crippen molar-refractivity contribution in [1.82, 2.24) is 0 Å². The smallest absolute Gasteiger partial charge is 0.159 e. The maximum Gasteiger partial charge on any atom is 0.159 e. The third-order valence-electron chi connectivity index (χ3n) is 13.9. The number of hydrogen-bond donors (Lipinski definition) is 0. The standard InChI is InChI=1S/C60H52N2O2Si2/c1-8-38-37-54(62(41-27-31-43(32-28-41)66(5,6)7)53-20-14-18-48-46-16-10-12-22-56(46)64-60(48)53)50-33-23-39-24-36-51(49-35-34-44(38)58(50)57(39)49)61(40-25-29-42(30-26-40)65(2,3)4)52-19-13-17-47-45-15-9-11-21-55(45)63-59(47)52/h9-37H,8H2,1-7H3. The van der Waals surface area contributed by atoms with Crippen LogP contribution in [0.15, 0.2) is 185 Å². The summed E-state index contributed by atoms with van der Waals surface area (Å²) in [5.41, 5.74) is 11.3. The number of aryl methyl sites for hydroxylation is 1. The fourth-order valence-electron chi connectivity index (χ4n) is 10.5. The van der Waals surface area contributed by atoms with Crippen LogP contribution in [0, 0.1) is 0 Å². The number of fused-ring (bicyclic) bond motifs is 6. The molecule has 0 atom stereocenters. The zero-order valence-corrected chi connectivity index (χ0v) is 40.7. The van der Waals surface area contributed by atoms with Crippen LogP contribution in [-0.4, -0.2) is 16.1 Å². The van der Waals surface area contributed by atoms with Gasteiger partial charge in [-0.15, -0.1) is 0 Å². The van der Waals surface area contributed by atoms with Crippen molar-refractivity contribution in [3.05, 3.63) is 181 Å². The summed E-state index contributed by atoms with van der Waals surface area (Å²) in [6.07, 6.45) is 0.884. The van der Waals surface area contributed by atoms with Crippen molar-refractivity contribution in [2.75, 3.05) is 9.80 Å². The van der Waals surface area contributed by atoms with Crippen LogP contribution in [0.2, 0.25) is 39.3 Å². The van der Waals surface area contributed by atoms with Gasteiger partial charge in [0.05, 0.1) is 38.9 Å². The van der Waals surface area contributed by atoms with Crippen LogP contribution in [0.4, 0.5) is 34.1 Å². The van der Waals surface area contributed by atoms with E-state index in [9.17, 15) is 0 Å². The summed E-state index contributed by atoms with van der Waals surface area (Å²) in [4.78, 5) is 4.89. The Morgan fingerprint density at radius 2 is 0.833 bits per heavy atom. The predicted octanol–water partition coefficient (Wildman–Crippen LogP) is 17.0. The quantitative estimate of drug-likeness (QED) is 0.107. The topological polar surface area (TPSA) is 32.8 Å². The minimum atomic E-state index is -1.56. The zero-order chi connectivity index (χ0) is 45.1.